The third-order valence-electron chi connectivity index (χ3n) is 2.84. The molecule has 0 N–H and O–H groups in total. The van der Waals surface area contributed by atoms with Crippen molar-refractivity contribution in [2.45, 2.75) is 38.3 Å². The van der Waals surface area contributed by atoms with Crippen LogP contribution in [0.25, 0.3) is 0 Å². The molecule has 0 amide bonds. The lowest BCUT2D eigenvalue weighted by molar-refractivity contribution is 0.476. The number of rotatable bonds is 0. The van der Waals surface area contributed by atoms with Crippen molar-refractivity contribution in [3.63, 3.8) is 0 Å². The molecule has 0 aromatic rings. The molecule has 0 aromatic heterocycles. The number of hydrogen-bond acceptors (Lipinski definition) is 0. The van der Waals surface area contributed by atoms with Crippen LogP contribution in [-0.4, -0.2) is 6.71 Å². The van der Waals surface area contributed by atoms with Gasteiger partial charge in [-0.1, -0.05) is 44.6 Å². The van der Waals surface area contributed by atoms with Gasteiger partial charge in [0, 0.05) is 0 Å². The Hall–Kier alpha value is 0.0649. The standard InChI is InChI=1S/C8H14B/c1-3-8-4-2-6-9(5-1)7-8/h7-8H,1-6H2. The van der Waals surface area contributed by atoms with Gasteiger partial charge < -0.3 is 0 Å². The van der Waals surface area contributed by atoms with Crippen molar-refractivity contribution < 1.29 is 0 Å². The summed E-state index contributed by atoms with van der Waals surface area (Å²) in [5.41, 5.74) is 0. The van der Waals surface area contributed by atoms with E-state index in [2.05, 4.69) is 6.32 Å². The molecule has 0 saturated carbocycles. The van der Waals surface area contributed by atoms with Gasteiger partial charge in [0.2, 0.25) is 0 Å². The SMILES string of the molecule is [CH]1B2CCCC1CCC2. The van der Waals surface area contributed by atoms with Gasteiger partial charge in [-0.25, -0.2) is 0 Å². The van der Waals surface area contributed by atoms with Gasteiger partial charge in [0.1, 0.15) is 6.71 Å². The van der Waals surface area contributed by atoms with E-state index in [4.69, 9.17) is 0 Å². The quantitative estimate of drug-likeness (QED) is 0.431. The molecule has 1 heteroatoms. The van der Waals surface area contributed by atoms with Crippen LogP contribution >= 0.6 is 0 Å². The Bertz CT molecular complexity index is 80.7. The Morgan fingerprint density at radius 2 is 1.78 bits per heavy atom. The fraction of sp³-hybridized carbons (Fsp3) is 0.875. The van der Waals surface area contributed by atoms with Crippen molar-refractivity contribution in [2.75, 3.05) is 0 Å². The molecule has 2 fully saturated rings. The third kappa shape index (κ3) is 1.15. The summed E-state index contributed by atoms with van der Waals surface area (Å²) in [6, 6.07) is 0. The van der Waals surface area contributed by atoms with Gasteiger partial charge in [0.15, 0.2) is 0 Å². The maximum absolute atomic E-state index is 2.62. The zero-order chi connectivity index (χ0) is 6.10. The van der Waals surface area contributed by atoms with Gasteiger partial charge in [0.05, 0.1) is 0 Å². The maximum atomic E-state index is 2.62. The molecule has 0 spiro atoms. The molecule has 0 aromatic carbocycles. The Morgan fingerprint density at radius 3 is 2.22 bits per heavy atom. The minimum atomic E-state index is 1.03. The topological polar surface area (TPSA) is 0 Å². The van der Waals surface area contributed by atoms with Gasteiger partial charge in [-0.2, -0.15) is 0 Å². The van der Waals surface area contributed by atoms with Crippen molar-refractivity contribution in [1.29, 1.82) is 0 Å². The summed E-state index contributed by atoms with van der Waals surface area (Å²) in [6.07, 6.45) is 11.6. The van der Waals surface area contributed by atoms with Crippen LogP contribution in [0.3, 0.4) is 0 Å². The highest BCUT2D eigenvalue weighted by atomic mass is 14.2. The molecular weight excluding hydrogens is 107 g/mol. The molecule has 2 heterocycles. The third-order valence-corrected chi connectivity index (χ3v) is 2.84. The van der Waals surface area contributed by atoms with Crippen LogP contribution in [0, 0.1) is 12.2 Å². The van der Waals surface area contributed by atoms with Gasteiger partial charge >= 0.3 is 0 Å². The largest absolute Gasteiger partial charge is 0.142 e. The van der Waals surface area contributed by atoms with E-state index in [0.29, 0.717) is 0 Å². The first-order valence-electron chi connectivity index (χ1n) is 4.30. The average Bonchev–Trinajstić information content (AvgIpc) is 1.88. The minimum Gasteiger partial charge on any atom is -0.0739 e. The molecule has 0 nitrogen and oxygen atoms in total. The summed E-state index contributed by atoms with van der Waals surface area (Å²) in [5, 5.41) is 0. The van der Waals surface area contributed by atoms with E-state index in [0.717, 1.165) is 12.6 Å². The van der Waals surface area contributed by atoms with E-state index < -0.39 is 0 Å². The van der Waals surface area contributed by atoms with E-state index >= 15 is 0 Å². The van der Waals surface area contributed by atoms with Gasteiger partial charge in [-0.15, -0.1) is 0 Å². The monoisotopic (exact) mass is 121 g/mol. The van der Waals surface area contributed by atoms with E-state index in [1.807, 2.05) is 0 Å². The van der Waals surface area contributed by atoms with Gasteiger partial charge in [0.25, 0.3) is 0 Å². The van der Waals surface area contributed by atoms with E-state index in [1.165, 1.54) is 38.3 Å². The first-order valence-corrected chi connectivity index (χ1v) is 4.30. The fourth-order valence-corrected chi connectivity index (χ4v) is 2.34. The Morgan fingerprint density at radius 1 is 1.11 bits per heavy atom. The number of fused-ring (bicyclic) bond motifs is 2. The van der Waals surface area contributed by atoms with E-state index in [9.17, 15) is 0 Å². The van der Waals surface area contributed by atoms with Crippen LogP contribution in [-0.2, 0) is 0 Å². The van der Waals surface area contributed by atoms with Crippen molar-refractivity contribution in [2.24, 2.45) is 5.92 Å². The predicted octanol–water partition coefficient (Wildman–Crippen LogP) is 2.43. The highest BCUT2D eigenvalue weighted by molar-refractivity contribution is 6.63. The second-order valence-electron chi connectivity index (χ2n) is 3.57. The van der Waals surface area contributed by atoms with Crippen LogP contribution in [0.1, 0.15) is 25.7 Å². The molecule has 2 aliphatic rings. The molecule has 2 bridgehead atoms. The summed E-state index contributed by atoms with van der Waals surface area (Å²) in [7, 11) is 0. The molecule has 2 saturated heterocycles. The van der Waals surface area contributed by atoms with Crippen LogP contribution in [0.4, 0.5) is 0 Å². The molecular formula is C8H14B. The average molecular weight is 121 g/mol. The Labute approximate surface area is 58.1 Å². The summed E-state index contributed by atoms with van der Waals surface area (Å²) >= 11 is 0. The van der Waals surface area contributed by atoms with Crippen LogP contribution in [0.15, 0.2) is 0 Å². The van der Waals surface area contributed by atoms with Crippen LogP contribution < -0.4 is 0 Å². The summed E-state index contributed by atoms with van der Waals surface area (Å²) in [4.78, 5) is 0. The molecule has 9 heavy (non-hydrogen) atoms. The molecule has 0 unspecified atom stereocenters. The summed E-state index contributed by atoms with van der Waals surface area (Å²) in [5.74, 6) is 1.03. The molecule has 2 aliphatic heterocycles. The van der Waals surface area contributed by atoms with E-state index in [-0.39, 0.29) is 0 Å². The van der Waals surface area contributed by atoms with Crippen molar-refractivity contribution in [1.82, 2.24) is 0 Å². The lowest BCUT2D eigenvalue weighted by atomic mass is 9.35. The highest BCUT2D eigenvalue weighted by Crippen LogP contribution is 2.34. The van der Waals surface area contributed by atoms with Crippen molar-refractivity contribution in [3.05, 3.63) is 6.32 Å². The normalized spacial score (nSPS) is 28.7. The Kier molecular flexibility index (Phi) is 1.53. The van der Waals surface area contributed by atoms with Gasteiger partial charge in [-0.3, -0.25) is 0 Å². The second-order valence-corrected chi connectivity index (χ2v) is 3.57. The first-order chi connectivity index (χ1) is 4.45. The molecule has 49 valence electrons. The molecule has 0 aliphatic carbocycles. The molecule has 0 atom stereocenters. The predicted molar refractivity (Wildman–Crippen MR) is 41.6 cm³/mol. The molecule has 2 rings (SSSR count). The first kappa shape index (κ1) is 5.82. The zero-order valence-corrected chi connectivity index (χ0v) is 5.97. The number of hydrogen-bond donors (Lipinski definition) is 0. The Balaban J connectivity index is 1.96. The second kappa shape index (κ2) is 2.36. The summed E-state index contributed by atoms with van der Waals surface area (Å²) in [6.45, 7) is 1.03. The van der Waals surface area contributed by atoms with Crippen molar-refractivity contribution in [3.8, 4) is 0 Å². The summed E-state index contributed by atoms with van der Waals surface area (Å²) < 4.78 is 0. The molecule has 1 radical (unpaired) electrons. The maximum Gasteiger partial charge on any atom is 0.142 e. The van der Waals surface area contributed by atoms with Crippen molar-refractivity contribution >= 4 is 6.71 Å². The fourth-order valence-electron chi connectivity index (χ4n) is 2.34. The zero-order valence-electron chi connectivity index (χ0n) is 5.97. The highest BCUT2D eigenvalue weighted by Gasteiger charge is 2.27. The van der Waals surface area contributed by atoms with E-state index in [1.54, 1.807) is 0 Å². The lowest BCUT2D eigenvalue weighted by Gasteiger charge is -2.31. The smallest absolute Gasteiger partial charge is 0.0739 e. The lowest BCUT2D eigenvalue weighted by Crippen LogP contribution is -2.28. The van der Waals surface area contributed by atoms with Gasteiger partial charge in [-0.05, 0) is 5.92 Å². The minimum absolute atomic E-state index is 1.03. The van der Waals surface area contributed by atoms with Crippen LogP contribution in [0.2, 0.25) is 12.6 Å². The van der Waals surface area contributed by atoms with Crippen LogP contribution in [0.5, 0.6) is 0 Å².